The Morgan fingerprint density at radius 2 is 1.33 bits per heavy atom. The summed E-state index contributed by atoms with van der Waals surface area (Å²) in [5.41, 5.74) is 0.246. The number of hydrogen-bond acceptors (Lipinski definition) is 5. The van der Waals surface area contributed by atoms with Gasteiger partial charge < -0.3 is 9.47 Å². The van der Waals surface area contributed by atoms with Crippen LogP contribution in [0.4, 0.5) is 21.0 Å². The number of carbonyl (C=O) groups is 3. The Morgan fingerprint density at radius 1 is 0.867 bits per heavy atom. The lowest BCUT2D eigenvalue weighted by Gasteiger charge is -2.21. The van der Waals surface area contributed by atoms with Gasteiger partial charge >= 0.3 is 12.2 Å². The highest BCUT2D eigenvalue weighted by Gasteiger charge is 2.18. The highest BCUT2D eigenvalue weighted by molar-refractivity contribution is 5.92. The lowest BCUT2D eigenvalue weighted by molar-refractivity contribution is -0.113. The van der Waals surface area contributed by atoms with Crippen molar-refractivity contribution >= 4 is 35.4 Å². The van der Waals surface area contributed by atoms with Crippen LogP contribution >= 0.6 is 0 Å². The SMILES string of the molecule is C/C=C\C(=O)C/C=C/c1cc(NC(=O)OC(C)(C)C)cc(NC(=O)OC(C)(C)C)c1. The summed E-state index contributed by atoms with van der Waals surface area (Å²) in [6.45, 7) is 12.4. The van der Waals surface area contributed by atoms with Crippen molar-refractivity contribution in [2.45, 2.75) is 66.1 Å². The molecule has 0 radical (unpaired) electrons. The van der Waals surface area contributed by atoms with Gasteiger partial charge in [-0.15, -0.1) is 0 Å². The summed E-state index contributed by atoms with van der Waals surface area (Å²) in [4.78, 5) is 35.9. The Bertz CT molecular complexity index is 779. The molecule has 30 heavy (non-hydrogen) atoms. The maximum atomic E-state index is 12.1. The van der Waals surface area contributed by atoms with Crippen LogP contribution in [0, 0.1) is 0 Å². The van der Waals surface area contributed by atoms with E-state index in [2.05, 4.69) is 10.6 Å². The number of ketones is 1. The smallest absolute Gasteiger partial charge is 0.412 e. The first kappa shape index (κ1) is 24.9. The minimum atomic E-state index is -0.646. The third-order valence-electron chi connectivity index (χ3n) is 3.23. The van der Waals surface area contributed by atoms with Crippen LogP contribution in [0.15, 0.2) is 36.4 Å². The monoisotopic (exact) mass is 416 g/mol. The zero-order valence-electron chi connectivity index (χ0n) is 18.8. The first-order valence-electron chi connectivity index (χ1n) is 9.74. The van der Waals surface area contributed by atoms with E-state index in [1.165, 1.54) is 6.08 Å². The molecule has 1 aromatic rings. The van der Waals surface area contributed by atoms with Crippen molar-refractivity contribution in [2.24, 2.45) is 0 Å². The van der Waals surface area contributed by atoms with Gasteiger partial charge in [0.15, 0.2) is 5.78 Å². The summed E-state index contributed by atoms with van der Waals surface area (Å²) in [5, 5.41) is 5.31. The van der Waals surface area contributed by atoms with Crippen LogP contribution in [0.1, 0.15) is 60.5 Å². The molecule has 0 fully saturated rings. The highest BCUT2D eigenvalue weighted by atomic mass is 16.6. The zero-order valence-corrected chi connectivity index (χ0v) is 18.8. The standard InChI is InChI=1S/C23H32N2O5/c1-8-10-19(26)12-9-11-16-13-17(24-20(27)29-22(2,3)4)15-18(14-16)25-21(28)30-23(5,6)7/h8-11,13-15H,12H2,1-7H3,(H,24,27)(H,25,28)/b10-8-,11-9+. The summed E-state index contributed by atoms with van der Waals surface area (Å²) in [7, 11) is 0. The van der Waals surface area contributed by atoms with Gasteiger partial charge in [-0.1, -0.05) is 18.2 Å². The molecule has 0 aliphatic carbocycles. The van der Waals surface area contributed by atoms with E-state index in [-0.39, 0.29) is 12.2 Å². The Hall–Kier alpha value is -3.09. The van der Waals surface area contributed by atoms with Crippen molar-refractivity contribution in [2.75, 3.05) is 10.6 Å². The van der Waals surface area contributed by atoms with Gasteiger partial charge in [-0.3, -0.25) is 15.4 Å². The summed E-state index contributed by atoms with van der Waals surface area (Å²) in [6, 6.07) is 5.01. The molecule has 164 valence electrons. The number of benzene rings is 1. The van der Waals surface area contributed by atoms with Gasteiger partial charge in [0.2, 0.25) is 0 Å². The molecule has 0 aliphatic heterocycles. The van der Waals surface area contributed by atoms with Crippen LogP contribution < -0.4 is 10.6 Å². The summed E-state index contributed by atoms with van der Waals surface area (Å²) < 4.78 is 10.6. The topological polar surface area (TPSA) is 93.7 Å². The van der Waals surface area contributed by atoms with E-state index >= 15 is 0 Å². The lowest BCUT2D eigenvalue weighted by atomic mass is 10.1. The number of hydrogen-bond donors (Lipinski definition) is 2. The average molecular weight is 417 g/mol. The Balaban J connectivity index is 3.07. The molecule has 7 heteroatoms. The minimum Gasteiger partial charge on any atom is -0.444 e. The van der Waals surface area contributed by atoms with Gasteiger partial charge in [-0.05, 0) is 78.3 Å². The molecule has 1 rings (SSSR count). The molecule has 1 aromatic carbocycles. The van der Waals surface area contributed by atoms with E-state index in [1.54, 1.807) is 84.9 Å². The maximum Gasteiger partial charge on any atom is 0.412 e. The molecule has 0 atom stereocenters. The van der Waals surface area contributed by atoms with Crippen LogP contribution in [0.3, 0.4) is 0 Å². The second kappa shape index (κ2) is 10.6. The molecule has 0 aromatic heterocycles. The van der Waals surface area contributed by atoms with E-state index < -0.39 is 23.4 Å². The van der Waals surface area contributed by atoms with E-state index in [9.17, 15) is 14.4 Å². The second-order valence-electron chi connectivity index (χ2n) is 8.67. The first-order valence-corrected chi connectivity index (χ1v) is 9.74. The number of allylic oxidation sites excluding steroid dienone is 3. The van der Waals surface area contributed by atoms with Gasteiger partial charge in [0.05, 0.1) is 0 Å². The Labute approximate surface area is 178 Å². The fourth-order valence-corrected chi connectivity index (χ4v) is 2.30. The van der Waals surface area contributed by atoms with Gasteiger partial charge in [0.25, 0.3) is 0 Å². The van der Waals surface area contributed by atoms with Gasteiger partial charge in [-0.25, -0.2) is 9.59 Å². The number of rotatable bonds is 6. The average Bonchev–Trinajstić information content (AvgIpc) is 2.50. The van der Waals surface area contributed by atoms with Crippen LogP contribution in [0.25, 0.3) is 6.08 Å². The third kappa shape index (κ3) is 11.0. The molecule has 2 N–H and O–H groups in total. The van der Waals surface area contributed by atoms with Crippen molar-refractivity contribution in [3.8, 4) is 0 Å². The van der Waals surface area contributed by atoms with Crippen LogP contribution in [0.2, 0.25) is 0 Å². The van der Waals surface area contributed by atoms with Crippen LogP contribution in [-0.4, -0.2) is 29.2 Å². The van der Waals surface area contributed by atoms with Gasteiger partial charge in [0.1, 0.15) is 11.2 Å². The van der Waals surface area contributed by atoms with E-state index in [0.29, 0.717) is 16.9 Å². The summed E-state index contributed by atoms with van der Waals surface area (Å²) in [5.74, 6) is -0.0242. The lowest BCUT2D eigenvalue weighted by Crippen LogP contribution is -2.28. The fourth-order valence-electron chi connectivity index (χ4n) is 2.30. The minimum absolute atomic E-state index is 0.0242. The molecular weight excluding hydrogens is 384 g/mol. The van der Waals surface area contributed by atoms with Crippen molar-refractivity contribution < 1.29 is 23.9 Å². The number of carbonyl (C=O) groups excluding carboxylic acids is 3. The third-order valence-corrected chi connectivity index (χ3v) is 3.23. The molecule has 0 saturated heterocycles. The molecule has 0 saturated carbocycles. The molecule has 0 bridgehead atoms. The van der Waals surface area contributed by atoms with Crippen molar-refractivity contribution in [1.29, 1.82) is 0 Å². The number of amides is 2. The Morgan fingerprint density at radius 3 is 1.73 bits per heavy atom. The summed E-state index contributed by atoms with van der Waals surface area (Å²) in [6.07, 6.45) is 5.65. The molecule has 0 unspecified atom stereocenters. The highest BCUT2D eigenvalue weighted by Crippen LogP contribution is 2.22. The van der Waals surface area contributed by atoms with Crippen LogP contribution in [0.5, 0.6) is 0 Å². The van der Waals surface area contributed by atoms with E-state index in [1.807, 2.05) is 0 Å². The van der Waals surface area contributed by atoms with Gasteiger partial charge in [0, 0.05) is 17.8 Å². The zero-order chi connectivity index (χ0) is 22.9. The predicted molar refractivity (Wildman–Crippen MR) is 120 cm³/mol. The molecule has 2 amide bonds. The van der Waals surface area contributed by atoms with Crippen LogP contribution in [-0.2, 0) is 14.3 Å². The molecule has 0 aliphatic rings. The second-order valence-corrected chi connectivity index (χ2v) is 8.67. The first-order chi connectivity index (χ1) is 13.8. The van der Waals surface area contributed by atoms with Gasteiger partial charge in [-0.2, -0.15) is 0 Å². The summed E-state index contributed by atoms with van der Waals surface area (Å²) >= 11 is 0. The molecular formula is C23H32N2O5. The van der Waals surface area contributed by atoms with E-state index in [0.717, 1.165) is 0 Å². The predicted octanol–water partition coefficient (Wildman–Crippen LogP) is 5.93. The van der Waals surface area contributed by atoms with Crippen molar-refractivity contribution in [1.82, 2.24) is 0 Å². The molecule has 0 heterocycles. The molecule has 7 nitrogen and oxygen atoms in total. The Kier molecular flexibility index (Phi) is 8.83. The fraction of sp³-hybridized carbons (Fsp3) is 0.435. The quantitative estimate of drug-likeness (QED) is 0.561. The van der Waals surface area contributed by atoms with E-state index in [4.69, 9.17) is 9.47 Å². The number of anilines is 2. The van der Waals surface area contributed by atoms with Crippen molar-refractivity contribution in [3.05, 3.63) is 42.0 Å². The normalized spacial score (nSPS) is 12.1. The number of nitrogens with one attached hydrogen (secondary N) is 2. The van der Waals surface area contributed by atoms with Crippen molar-refractivity contribution in [3.63, 3.8) is 0 Å². The number of ether oxygens (including phenoxy) is 2. The molecule has 0 spiro atoms. The largest absolute Gasteiger partial charge is 0.444 e. The maximum absolute atomic E-state index is 12.1.